The number of methoxy groups -OCH3 is 1. The average molecular weight is 421 g/mol. The van der Waals surface area contributed by atoms with Crippen molar-refractivity contribution < 1.29 is 27.5 Å². The number of alkyl halides is 3. The monoisotopic (exact) mass is 421 g/mol. The van der Waals surface area contributed by atoms with E-state index in [0.29, 0.717) is 5.71 Å². The largest absolute Gasteiger partial charge is 0.435 e. The SMILES string of the molecule is COCOC1CCc2cc(/C(C)=N/OC(C)(c3cccc(C)c3)C(F)(F)F)ccc21. The number of aryl methyl sites for hydroxylation is 2. The summed E-state index contributed by atoms with van der Waals surface area (Å²) in [6, 6.07) is 11.9. The molecule has 0 saturated carbocycles. The van der Waals surface area contributed by atoms with Gasteiger partial charge >= 0.3 is 6.18 Å². The zero-order valence-corrected chi connectivity index (χ0v) is 17.5. The van der Waals surface area contributed by atoms with Crippen LogP contribution in [-0.2, 0) is 26.3 Å². The van der Waals surface area contributed by atoms with Crippen molar-refractivity contribution in [1.82, 2.24) is 0 Å². The summed E-state index contributed by atoms with van der Waals surface area (Å²) in [4.78, 5) is 5.17. The number of benzene rings is 2. The minimum Gasteiger partial charge on any atom is -0.375 e. The van der Waals surface area contributed by atoms with E-state index < -0.39 is 11.8 Å². The van der Waals surface area contributed by atoms with Gasteiger partial charge in [0.05, 0.1) is 11.8 Å². The summed E-state index contributed by atoms with van der Waals surface area (Å²) in [7, 11) is 1.57. The van der Waals surface area contributed by atoms with Gasteiger partial charge in [0, 0.05) is 12.7 Å². The van der Waals surface area contributed by atoms with E-state index in [1.807, 2.05) is 18.2 Å². The second-order valence-corrected chi connectivity index (χ2v) is 7.68. The highest BCUT2D eigenvalue weighted by Crippen LogP contribution is 2.42. The molecule has 2 aromatic carbocycles. The lowest BCUT2D eigenvalue weighted by atomic mass is 9.94. The summed E-state index contributed by atoms with van der Waals surface area (Å²) in [5.41, 5.74) is 1.45. The molecule has 0 heterocycles. The lowest BCUT2D eigenvalue weighted by Crippen LogP contribution is -2.41. The average Bonchev–Trinajstić information content (AvgIpc) is 3.11. The number of rotatable bonds is 7. The molecule has 7 heteroatoms. The first-order valence-electron chi connectivity index (χ1n) is 9.76. The smallest absolute Gasteiger partial charge is 0.375 e. The van der Waals surface area contributed by atoms with Crippen molar-refractivity contribution in [3.63, 3.8) is 0 Å². The molecule has 0 saturated heterocycles. The highest BCUT2D eigenvalue weighted by atomic mass is 19.4. The molecule has 0 fully saturated rings. The van der Waals surface area contributed by atoms with E-state index in [1.165, 1.54) is 12.1 Å². The summed E-state index contributed by atoms with van der Waals surface area (Å²) >= 11 is 0. The van der Waals surface area contributed by atoms with Crippen LogP contribution in [0.2, 0.25) is 0 Å². The predicted octanol–water partition coefficient (Wildman–Crippen LogP) is 5.82. The van der Waals surface area contributed by atoms with Crippen molar-refractivity contribution in [2.75, 3.05) is 13.9 Å². The van der Waals surface area contributed by atoms with Crippen LogP contribution >= 0.6 is 0 Å². The Morgan fingerprint density at radius 1 is 1.17 bits per heavy atom. The van der Waals surface area contributed by atoms with Crippen molar-refractivity contribution in [3.05, 3.63) is 70.3 Å². The zero-order valence-electron chi connectivity index (χ0n) is 17.5. The highest BCUT2D eigenvalue weighted by Gasteiger charge is 2.56. The summed E-state index contributed by atoms with van der Waals surface area (Å²) < 4.78 is 52.3. The Morgan fingerprint density at radius 2 is 1.93 bits per heavy atom. The molecule has 1 aliphatic carbocycles. The molecule has 0 aromatic heterocycles. The number of hydrogen-bond donors (Lipinski definition) is 0. The fourth-order valence-corrected chi connectivity index (χ4v) is 3.55. The van der Waals surface area contributed by atoms with Gasteiger partial charge in [-0.3, -0.25) is 0 Å². The third-order valence-electron chi connectivity index (χ3n) is 5.45. The molecule has 4 nitrogen and oxygen atoms in total. The summed E-state index contributed by atoms with van der Waals surface area (Å²) in [5, 5.41) is 3.88. The Morgan fingerprint density at radius 3 is 2.60 bits per heavy atom. The first kappa shape index (κ1) is 22.3. The van der Waals surface area contributed by atoms with Gasteiger partial charge in [0.2, 0.25) is 0 Å². The molecule has 3 rings (SSSR count). The lowest BCUT2D eigenvalue weighted by molar-refractivity contribution is -0.278. The maximum absolute atomic E-state index is 13.9. The van der Waals surface area contributed by atoms with Crippen molar-refractivity contribution in [3.8, 4) is 0 Å². The molecule has 0 spiro atoms. The molecular formula is C23H26F3NO3. The second-order valence-electron chi connectivity index (χ2n) is 7.68. The topological polar surface area (TPSA) is 40.0 Å². The number of ether oxygens (including phenoxy) is 2. The van der Waals surface area contributed by atoms with Gasteiger partial charge in [-0.2, -0.15) is 13.2 Å². The fraction of sp³-hybridized carbons (Fsp3) is 0.435. The van der Waals surface area contributed by atoms with Gasteiger partial charge in [0.25, 0.3) is 5.60 Å². The van der Waals surface area contributed by atoms with Crippen LogP contribution in [0, 0.1) is 6.92 Å². The number of halogens is 3. The molecule has 2 unspecified atom stereocenters. The van der Waals surface area contributed by atoms with Crippen LogP contribution in [0.15, 0.2) is 47.6 Å². The van der Waals surface area contributed by atoms with E-state index in [1.54, 1.807) is 33.1 Å². The molecule has 2 atom stereocenters. The van der Waals surface area contributed by atoms with E-state index in [2.05, 4.69) is 5.16 Å². The van der Waals surface area contributed by atoms with Gasteiger partial charge in [-0.25, -0.2) is 0 Å². The minimum absolute atomic E-state index is 0.0126. The Hall–Kier alpha value is -2.38. The van der Waals surface area contributed by atoms with Gasteiger partial charge in [-0.1, -0.05) is 47.1 Å². The second kappa shape index (κ2) is 8.78. The number of hydrogen-bond acceptors (Lipinski definition) is 4. The lowest BCUT2D eigenvalue weighted by Gasteiger charge is -2.30. The molecule has 0 aliphatic heterocycles. The summed E-state index contributed by atoms with van der Waals surface area (Å²) in [6.45, 7) is 4.60. The molecule has 0 amide bonds. The molecule has 0 radical (unpaired) electrons. The Bertz CT molecular complexity index is 926. The maximum Gasteiger partial charge on any atom is 0.435 e. The summed E-state index contributed by atoms with van der Waals surface area (Å²) in [5.74, 6) is 0. The number of nitrogens with zero attached hydrogens (tertiary/aromatic N) is 1. The normalized spacial score (nSPS) is 18.8. The molecule has 2 aromatic rings. The predicted molar refractivity (Wildman–Crippen MR) is 108 cm³/mol. The fourth-order valence-electron chi connectivity index (χ4n) is 3.55. The van der Waals surface area contributed by atoms with Crippen LogP contribution in [-0.4, -0.2) is 25.8 Å². The maximum atomic E-state index is 13.9. The van der Waals surface area contributed by atoms with Crippen LogP contribution in [0.1, 0.15) is 54.2 Å². The van der Waals surface area contributed by atoms with Gasteiger partial charge < -0.3 is 14.3 Å². The van der Waals surface area contributed by atoms with Gasteiger partial charge in [-0.15, -0.1) is 0 Å². The van der Waals surface area contributed by atoms with E-state index in [4.69, 9.17) is 14.3 Å². The van der Waals surface area contributed by atoms with E-state index in [0.717, 1.165) is 42.0 Å². The van der Waals surface area contributed by atoms with E-state index in [-0.39, 0.29) is 18.5 Å². The quantitative estimate of drug-likeness (QED) is 0.321. The van der Waals surface area contributed by atoms with Crippen LogP contribution in [0.4, 0.5) is 13.2 Å². The third kappa shape index (κ3) is 4.52. The minimum atomic E-state index is -4.63. The number of oxime groups is 1. The first-order valence-corrected chi connectivity index (χ1v) is 9.76. The molecule has 162 valence electrons. The van der Waals surface area contributed by atoms with Gasteiger partial charge in [0.15, 0.2) is 0 Å². The standard InChI is InChI=1S/C23H26F3NO3/c1-15-6-5-7-19(12-15)22(3,23(24,25)26)30-27-16(2)17-8-10-20-18(13-17)9-11-21(20)29-14-28-4/h5-8,10,12-13,21H,9,11,14H2,1-4H3/b27-16+. The van der Waals surface area contributed by atoms with Gasteiger partial charge in [-0.05, 0) is 56.4 Å². The first-order chi connectivity index (χ1) is 14.2. The Labute approximate surface area is 174 Å². The Kier molecular flexibility index (Phi) is 6.53. The Balaban J connectivity index is 1.84. The molecule has 0 bridgehead atoms. The van der Waals surface area contributed by atoms with Crippen molar-refractivity contribution in [2.24, 2.45) is 5.16 Å². The van der Waals surface area contributed by atoms with Crippen LogP contribution in [0.5, 0.6) is 0 Å². The zero-order chi connectivity index (χ0) is 21.9. The van der Waals surface area contributed by atoms with Crippen molar-refractivity contribution >= 4 is 5.71 Å². The third-order valence-corrected chi connectivity index (χ3v) is 5.45. The number of fused-ring (bicyclic) bond motifs is 1. The van der Waals surface area contributed by atoms with E-state index >= 15 is 0 Å². The highest BCUT2D eigenvalue weighted by molar-refractivity contribution is 5.98. The van der Waals surface area contributed by atoms with Crippen molar-refractivity contribution in [2.45, 2.75) is 51.5 Å². The molecule has 1 aliphatic rings. The van der Waals surface area contributed by atoms with Crippen molar-refractivity contribution in [1.29, 1.82) is 0 Å². The van der Waals surface area contributed by atoms with Gasteiger partial charge in [0.1, 0.15) is 6.79 Å². The molecular weight excluding hydrogens is 395 g/mol. The summed E-state index contributed by atoms with van der Waals surface area (Å²) in [6.07, 6.45) is -2.99. The van der Waals surface area contributed by atoms with E-state index in [9.17, 15) is 13.2 Å². The van der Waals surface area contributed by atoms with Crippen LogP contribution < -0.4 is 0 Å². The van der Waals surface area contributed by atoms with Crippen LogP contribution in [0.3, 0.4) is 0 Å². The van der Waals surface area contributed by atoms with Crippen LogP contribution in [0.25, 0.3) is 0 Å². The molecule has 0 N–H and O–H groups in total. The molecule has 30 heavy (non-hydrogen) atoms.